The second kappa shape index (κ2) is 4.65. The third-order valence-corrected chi connectivity index (χ3v) is 3.72. The number of ketones is 1. The van der Waals surface area contributed by atoms with Gasteiger partial charge < -0.3 is 11.9 Å². The molecular formula is C7H16N2O4S. The molecule has 0 aliphatic heterocycles. The van der Waals surface area contributed by atoms with Crippen LogP contribution in [-0.2, 0) is 14.9 Å². The Bertz CT molecular complexity index is 323. The van der Waals surface area contributed by atoms with Gasteiger partial charge in [0.2, 0.25) is 0 Å². The minimum atomic E-state index is -4.52. The van der Waals surface area contributed by atoms with E-state index in [2.05, 4.69) is 6.58 Å². The maximum Gasteiger partial charge on any atom is 0.279 e. The number of carbonyl (C=O) groups is 1. The van der Waals surface area contributed by atoms with Crippen molar-refractivity contribution in [2.24, 2.45) is 5.73 Å². The van der Waals surface area contributed by atoms with Crippen molar-refractivity contribution in [1.82, 2.24) is 6.15 Å². The molecule has 0 bridgehead atoms. The molecule has 7 heteroatoms. The summed E-state index contributed by atoms with van der Waals surface area (Å²) in [6.07, 6.45) is 0.830. The van der Waals surface area contributed by atoms with Crippen LogP contribution in [0.5, 0.6) is 0 Å². The van der Waals surface area contributed by atoms with Crippen LogP contribution >= 0.6 is 0 Å². The highest BCUT2D eigenvalue weighted by atomic mass is 32.2. The largest absolute Gasteiger partial charge is 0.344 e. The monoisotopic (exact) mass is 224 g/mol. The van der Waals surface area contributed by atoms with E-state index < -0.39 is 26.7 Å². The smallest absolute Gasteiger partial charge is 0.279 e. The van der Waals surface area contributed by atoms with Crippen LogP contribution < -0.4 is 11.9 Å². The van der Waals surface area contributed by atoms with Crippen LogP contribution in [0.3, 0.4) is 0 Å². The van der Waals surface area contributed by atoms with Gasteiger partial charge in [0.25, 0.3) is 10.1 Å². The van der Waals surface area contributed by atoms with Gasteiger partial charge in [0.15, 0.2) is 10.5 Å². The minimum absolute atomic E-state index is 0. The maximum atomic E-state index is 11.2. The molecule has 0 aliphatic rings. The Kier molecular flexibility index (Phi) is 5.21. The molecule has 0 rings (SSSR count). The highest BCUT2D eigenvalue weighted by Gasteiger charge is 2.47. The zero-order chi connectivity index (χ0) is 10.9. The lowest BCUT2D eigenvalue weighted by atomic mass is 9.98. The number of hydrogen-bond donors (Lipinski definition) is 3. The van der Waals surface area contributed by atoms with Gasteiger partial charge in [-0.2, -0.15) is 8.42 Å². The summed E-state index contributed by atoms with van der Waals surface area (Å²) >= 11 is 0. The Morgan fingerprint density at radius 3 is 2.07 bits per heavy atom. The van der Waals surface area contributed by atoms with Gasteiger partial charge in [-0.25, -0.2) is 0 Å². The molecule has 0 spiro atoms. The Balaban J connectivity index is 0. The maximum absolute atomic E-state index is 11.2. The molecule has 6 nitrogen and oxygen atoms in total. The van der Waals surface area contributed by atoms with Crippen molar-refractivity contribution < 1.29 is 17.8 Å². The van der Waals surface area contributed by atoms with E-state index in [4.69, 9.17) is 10.3 Å². The van der Waals surface area contributed by atoms with Crippen molar-refractivity contribution in [2.75, 3.05) is 0 Å². The molecule has 0 saturated heterocycles. The lowest BCUT2D eigenvalue weighted by Crippen LogP contribution is -2.54. The van der Waals surface area contributed by atoms with Gasteiger partial charge in [-0.3, -0.25) is 9.35 Å². The predicted molar refractivity (Wildman–Crippen MR) is 53.8 cm³/mol. The fourth-order valence-corrected chi connectivity index (χ4v) is 1.60. The second-order valence-corrected chi connectivity index (χ2v) is 4.74. The molecule has 84 valence electrons. The van der Waals surface area contributed by atoms with Gasteiger partial charge in [0.05, 0.1) is 0 Å². The van der Waals surface area contributed by atoms with Crippen LogP contribution in [0.25, 0.3) is 0 Å². The molecule has 0 aromatic heterocycles. The van der Waals surface area contributed by atoms with E-state index in [1.807, 2.05) is 0 Å². The van der Waals surface area contributed by atoms with Crippen molar-refractivity contribution in [3.05, 3.63) is 12.7 Å². The zero-order valence-electron chi connectivity index (χ0n) is 8.23. The predicted octanol–water partition coefficient (Wildman–Crippen LogP) is -0.103. The SMILES string of the molecule is C=CC(=O)C(C)(C(C)N)S(=O)(=O)O.N. The minimum Gasteiger partial charge on any atom is -0.344 e. The Morgan fingerprint density at radius 2 is 2.00 bits per heavy atom. The van der Waals surface area contributed by atoms with E-state index in [0.717, 1.165) is 13.0 Å². The summed E-state index contributed by atoms with van der Waals surface area (Å²) in [6.45, 7) is 5.54. The Hall–Kier alpha value is -0.760. The highest BCUT2D eigenvalue weighted by molar-refractivity contribution is 7.88. The summed E-state index contributed by atoms with van der Waals surface area (Å²) in [5, 5.41) is 0. The first-order valence-electron chi connectivity index (χ1n) is 3.57. The Morgan fingerprint density at radius 1 is 1.64 bits per heavy atom. The van der Waals surface area contributed by atoms with Gasteiger partial charge in [-0.05, 0) is 19.9 Å². The molecule has 0 fully saturated rings. The average molecular weight is 224 g/mol. The van der Waals surface area contributed by atoms with E-state index >= 15 is 0 Å². The van der Waals surface area contributed by atoms with E-state index in [0.29, 0.717) is 0 Å². The van der Waals surface area contributed by atoms with Crippen LogP contribution in [-0.4, -0.2) is 29.5 Å². The first-order chi connectivity index (χ1) is 5.67. The molecule has 0 aromatic rings. The van der Waals surface area contributed by atoms with Gasteiger partial charge in [0, 0.05) is 6.04 Å². The van der Waals surface area contributed by atoms with Crippen molar-refractivity contribution in [3.8, 4) is 0 Å². The lowest BCUT2D eigenvalue weighted by molar-refractivity contribution is -0.117. The summed E-state index contributed by atoms with van der Waals surface area (Å²) < 4.78 is 28.6. The van der Waals surface area contributed by atoms with Crippen molar-refractivity contribution >= 4 is 15.9 Å². The van der Waals surface area contributed by atoms with Crippen molar-refractivity contribution in [3.63, 3.8) is 0 Å². The summed E-state index contributed by atoms with van der Waals surface area (Å²) in [5.41, 5.74) is 5.33. The molecule has 6 N–H and O–H groups in total. The molecule has 0 saturated carbocycles. The first kappa shape index (κ1) is 15.7. The molecule has 0 heterocycles. The number of rotatable bonds is 4. The van der Waals surface area contributed by atoms with E-state index in [1.54, 1.807) is 0 Å². The third-order valence-electron chi connectivity index (χ3n) is 2.08. The van der Waals surface area contributed by atoms with Gasteiger partial charge in [0.1, 0.15) is 0 Å². The molecule has 0 radical (unpaired) electrons. The average Bonchev–Trinajstić information content (AvgIpc) is 1.98. The molecule has 0 amide bonds. The second-order valence-electron chi connectivity index (χ2n) is 2.94. The zero-order valence-corrected chi connectivity index (χ0v) is 9.04. The fourth-order valence-electron chi connectivity index (χ4n) is 0.789. The number of allylic oxidation sites excluding steroid dienone is 1. The van der Waals surface area contributed by atoms with Crippen LogP contribution in [0, 0.1) is 0 Å². The quantitative estimate of drug-likeness (QED) is 0.451. The number of nitrogens with two attached hydrogens (primary N) is 1. The van der Waals surface area contributed by atoms with Gasteiger partial charge >= 0.3 is 0 Å². The van der Waals surface area contributed by atoms with Crippen molar-refractivity contribution in [2.45, 2.75) is 24.6 Å². The van der Waals surface area contributed by atoms with Crippen LogP contribution in [0.15, 0.2) is 12.7 Å². The van der Waals surface area contributed by atoms with Gasteiger partial charge in [-0.1, -0.05) is 6.58 Å². The fraction of sp³-hybridized carbons (Fsp3) is 0.571. The summed E-state index contributed by atoms with van der Waals surface area (Å²) in [7, 11) is -4.52. The molecule has 14 heavy (non-hydrogen) atoms. The molecule has 2 atom stereocenters. The van der Waals surface area contributed by atoms with E-state index in [-0.39, 0.29) is 6.15 Å². The standard InChI is InChI=1S/C7H13NO4S.H3N/c1-4-6(9)7(3,5(2)8)13(10,11)12;/h4-5H,1,8H2,2-3H3,(H,10,11,12);1H3. The number of hydrogen-bond acceptors (Lipinski definition) is 5. The van der Waals surface area contributed by atoms with Crippen LogP contribution in [0.1, 0.15) is 13.8 Å². The van der Waals surface area contributed by atoms with E-state index in [1.165, 1.54) is 6.92 Å². The highest BCUT2D eigenvalue weighted by Crippen LogP contribution is 2.21. The number of carbonyl (C=O) groups excluding carboxylic acids is 1. The lowest BCUT2D eigenvalue weighted by Gasteiger charge is -2.26. The Labute approximate surface area is 83.5 Å². The van der Waals surface area contributed by atoms with E-state index in [9.17, 15) is 13.2 Å². The molecular weight excluding hydrogens is 208 g/mol. The molecule has 0 aromatic carbocycles. The topological polar surface area (TPSA) is 132 Å². The van der Waals surface area contributed by atoms with Crippen LogP contribution in [0.4, 0.5) is 0 Å². The normalized spacial score (nSPS) is 17.4. The first-order valence-corrected chi connectivity index (χ1v) is 5.01. The summed E-state index contributed by atoms with van der Waals surface area (Å²) in [6, 6.07) is -1.01. The summed E-state index contributed by atoms with van der Waals surface area (Å²) in [5.74, 6) is -0.815. The summed E-state index contributed by atoms with van der Waals surface area (Å²) in [4.78, 5) is 11.2. The molecule has 2 unspecified atom stereocenters. The van der Waals surface area contributed by atoms with Gasteiger partial charge in [-0.15, -0.1) is 0 Å². The van der Waals surface area contributed by atoms with Crippen LogP contribution in [0.2, 0.25) is 0 Å². The van der Waals surface area contributed by atoms with Crippen molar-refractivity contribution in [1.29, 1.82) is 0 Å². The molecule has 0 aliphatic carbocycles. The third kappa shape index (κ3) is 2.38.